The molecule has 0 radical (unpaired) electrons. The molecule has 1 aliphatic carbocycles. The van der Waals surface area contributed by atoms with Gasteiger partial charge in [-0.05, 0) is 24.0 Å². The third kappa shape index (κ3) is 2.69. The van der Waals surface area contributed by atoms with E-state index in [4.69, 9.17) is 5.11 Å². The molecule has 1 amide bonds. The van der Waals surface area contributed by atoms with E-state index in [1.54, 1.807) is 11.0 Å². The van der Waals surface area contributed by atoms with Crippen molar-refractivity contribution in [3.8, 4) is 0 Å². The summed E-state index contributed by atoms with van der Waals surface area (Å²) in [5.74, 6) is -1.45. The summed E-state index contributed by atoms with van der Waals surface area (Å²) in [5, 5.41) is 15.9. The van der Waals surface area contributed by atoms with E-state index < -0.39 is 17.3 Å². The summed E-state index contributed by atoms with van der Waals surface area (Å²) < 4.78 is 1.69. The first-order valence-corrected chi connectivity index (χ1v) is 7.03. The van der Waals surface area contributed by atoms with Crippen LogP contribution in [0.1, 0.15) is 24.0 Å². The van der Waals surface area contributed by atoms with E-state index in [9.17, 15) is 9.59 Å². The highest BCUT2D eigenvalue weighted by atomic mass is 16.4. The lowest BCUT2D eigenvalue weighted by atomic mass is 10.1. The SMILES string of the molecule is O=C(O)C1(C(=O)NCc2ccccc2Cn2cncn2)CC1. The van der Waals surface area contributed by atoms with E-state index in [0.717, 1.165) is 11.1 Å². The van der Waals surface area contributed by atoms with E-state index >= 15 is 0 Å². The quantitative estimate of drug-likeness (QED) is 0.769. The van der Waals surface area contributed by atoms with Gasteiger partial charge in [-0.25, -0.2) is 9.67 Å². The maximum Gasteiger partial charge on any atom is 0.319 e. The fourth-order valence-electron chi connectivity index (χ4n) is 2.38. The van der Waals surface area contributed by atoms with Crippen LogP contribution in [0.25, 0.3) is 0 Å². The van der Waals surface area contributed by atoms with Crippen LogP contribution in [0.5, 0.6) is 0 Å². The second-order valence-corrected chi connectivity index (χ2v) is 5.43. The lowest BCUT2D eigenvalue weighted by Gasteiger charge is -2.13. The number of carbonyl (C=O) groups is 2. The molecule has 1 aromatic heterocycles. The van der Waals surface area contributed by atoms with Gasteiger partial charge in [-0.1, -0.05) is 24.3 Å². The van der Waals surface area contributed by atoms with Crippen molar-refractivity contribution in [1.29, 1.82) is 0 Å². The Morgan fingerprint density at radius 3 is 2.59 bits per heavy atom. The van der Waals surface area contributed by atoms with Gasteiger partial charge < -0.3 is 10.4 Å². The Balaban J connectivity index is 1.68. The lowest BCUT2D eigenvalue weighted by Crippen LogP contribution is -2.36. The second kappa shape index (κ2) is 5.59. The van der Waals surface area contributed by atoms with Crippen molar-refractivity contribution in [3.05, 3.63) is 48.0 Å². The summed E-state index contributed by atoms with van der Waals surface area (Å²) in [6, 6.07) is 7.66. The number of aromatic nitrogens is 3. The minimum absolute atomic E-state index is 0.304. The smallest absolute Gasteiger partial charge is 0.319 e. The highest BCUT2D eigenvalue weighted by Crippen LogP contribution is 2.46. The van der Waals surface area contributed by atoms with Crippen molar-refractivity contribution < 1.29 is 14.7 Å². The molecule has 1 aliphatic rings. The minimum atomic E-state index is -1.21. The van der Waals surface area contributed by atoms with Crippen molar-refractivity contribution in [3.63, 3.8) is 0 Å². The van der Waals surface area contributed by atoms with E-state index in [-0.39, 0.29) is 0 Å². The van der Waals surface area contributed by atoms with Gasteiger partial charge in [0.2, 0.25) is 5.91 Å². The molecule has 114 valence electrons. The molecule has 0 bridgehead atoms. The molecule has 7 nitrogen and oxygen atoms in total. The summed E-state index contributed by atoms with van der Waals surface area (Å²) in [4.78, 5) is 27.1. The van der Waals surface area contributed by atoms with Crippen LogP contribution in [0.3, 0.4) is 0 Å². The van der Waals surface area contributed by atoms with Gasteiger partial charge in [-0.2, -0.15) is 5.10 Å². The van der Waals surface area contributed by atoms with Crippen LogP contribution in [0, 0.1) is 5.41 Å². The molecule has 1 saturated carbocycles. The topological polar surface area (TPSA) is 97.1 Å². The highest BCUT2D eigenvalue weighted by molar-refractivity contribution is 6.04. The van der Waals surface area contributed by atoms with Crippen LogP contribution in [-0.2, 0) is 22.7 Å². The number of nitrogens with zero attached hydrogens (tertiary/aromatic N) is 3. The van der Waals surface area contributed by atoms with Crippen molar-refractivity contribution in [2.24, 2.45) is 5.41 Å². The lowest BCUT2D eigenvalue weighted by molar-refractivity contribution is -0.149. The molecule has 0 unspecified atom stereocenters. The summed E-state index contributed by atoms with van der Waals surface area (Å²) in [5.41, 5.74) is 0.738. The minimum Gasteiger partial charge on any atom is -0.480 e. The average Bonchev–Trinajstić information content (AvgIpc) is 3.19. The molecule has 7 heteroatoms. The molecule has 0 saturated heterocycles. The number of carbonyl (C=O) groups excluding carboxylic acids is 1. The fraction of sp³-hybridized carbons (Fsp3) is 0.333. The number of benzene rings is 1. The molecule has 2 aromatic rings. The molecule has 0 atom stereocenters. The molecular formula is C15H16N4O3. The Morgan fingerprint density at radius 1 is 1.27 bits per heavy atom. The maximum absolute atomic E-state index is 12.1. The molecule has 0 aliphatic heterocycles. The standard InChI is InChI=1S/C15H16N4O3/c20-13(15(5-6-15)14(21)22)17-7-11-3-1-2-4-12(11)8-19-10-16-9-18-19/h1-4,9-10H,5-8H2,(H,17,20)(H,21,22). The number of hydrogen-bond donors (Lipinski definition) is 2. The molecule has 0 spiro atoms. The molecule has 1 heterocycles. The van der Waals surface area contributed by atoms with Gasteiger partial charge in [-0.3, -0.25) is 9.59 Å². The molecule has 1 fully saturated rings. The first-order valence-electron chi connectivity index (χ1n) is 7.03. The zero-order valence-electron chi connectivity index (χ0n) is 11.9. The molecule has 22 heavy (non-hydrogen) atoms. The van der Waals surface area contributed by atoms with Gasteiger partial charge in [0.25, 0.3) is 0 Å². The van der Waals surface area contributed by atoms with Crippen molar-refractivity contribution in [1.82, 2.24) is 20.1 Å². The number of hydrogen-bond acceptors (Lipinski definition) is 4. The number of rotatable bonds is 6. The first kappa shape index (κ1) is 14.2. The number of carboxylic acids is 1. The largest absolute Gasteiger partial charge is 0.480 e. The van der Waals surface area contributed by atoms with Gasteiger partial charge in [-0.15, -0.1) is 0 Å². The first-order chi connectivity index (χ1) is 10.6. The number of nitrogens with one attached hydrogen (secondary N) is 1. The summed E-state index contributed by atoms with van der Waals surface area (Å²) >= 11 is 0. The van der Waals surface area contributed by atoms with Gasteiger partial charge in [0.05, 0.1) is 6.54 Å². The van der Waals surface area contributed by atoms with Crippen molar-refractivity contribution in [2.75, 3.05) is 0 Å². The second-order valence-electron chi connectivity index (χ2n) is 5.43. The highest BCUT2D eigenvalue weighted by Gasteiger charge is 2.56. The van der Waals surface area contributed by atoms with E-state index in [1.807, 2.05) is 24.3 Å². The van der Waals surface area contributed by atoms with Crippen LogP contribution < -0.4 is 5.32 Å². The van der Waals surface area contributed by atoms with E-state index in [1.165, 1.54) is 6.33 Å². The predicted octanol–water partition coefficient (Wildman–Crippen LogP) is 0.807. The van der Waals surface area contributed by atoms with Crippen LogP contribution in [-0.4, -0.2) is 31.7 Å². The molecular weight excluding hydrogens is 284 g/mol. The zero-order chi connectivity index (χ0) is 15.6. The number of carboxylic acid groups (broad SMARTS) is 1. The van der Waals surface area contributed by atoms with Gasteiger partial charge in [0.15, 0.2) is 0 Å². The molecule has 1 aromatic carbocycles. The Morgan fingerprint density at radius 2 is 2.00 bits per heavy atom. The predicted molar refractivity (Wildman–Crippen MR) is 76.7 cm³/mol. The van der Waals surface area contributed by atoms with Crippen LogP contribution in [0.2, 0.25) is 0 Å². The zero-order valence-corrected chi connectivity index (χ0v) is 11.9. The molecule has 2 N–H and O–H groups in total. The van der Waals surface area contributed by atoms with E-state index in [0.29, 0.717) is 25.9 Å². The Kier molecular flexibility index (Phi) is 3.62. The monoisotopic (exact) mass is 300 g/mol. The Bertz CT molecular complexity index is 693. The van der Waals surface area contributed by atoms with Crippen LogP contribution >= 0.6 is 0 Å². The third-order valence-electron chi connectivity index (χ3n) is 3.95. The Hall–Kier alpha value is -2.70. The fourth-order valence-corrected chi connectivity index (χ4v) is 2.38. The third-order valence-corrected chi connectivity index (χ3v) is 3.95. The summed E-state index contributed by atoms with van der Waals surface area (Å²) in [6.45, 7) is 0.856. The molecule has 3 rings (SSSR count). The van der Waals surface area contributed by atoms with Crippen molar-refractivity contribution >= 4 is 11.9 Å². The normalized spacial score (nSPS) is 15.3. The number of aliphatic carboxylic acids is 1. The summed E-state index contributed by atoms with van der Waals surface area (Å²) in [6.07, 6.45) is 3.91. The Labute approximate surface area is 127 Å². The number of amides is 1. The van der Waals surface area contributed by atoms with Gasteiger partial charge >= 0.3 is 5.97 Å². The van der Waals surface area contributed by atoms with Crippen LogP contribution in [0.15, 0.2) is 36.9 Å². The van der Waals surface area contributed by atoms with Gasteiger partial charge in [0.1, 0.15) is 18.1 Å². The van der Waals surface area contributed by atoms with Crippen molar-refractivity contribution in [2.45, 2.75) is 25.9 Å². The summed E-state index contributed by atoms with van der Waals surface area (Å²) in [7, 11) is 0. The average molecular weight is 300 g/mol. The maximum atomic E-state index is 12.1. The van der Waals surface area contributed by atoms with Gasteiger partial charge in [0, 0.05) is 6.54 Å². The van der Waals surface area contributed by atoms with Crippen LogP contribution in [0.4, 0.5) is 0 Å². The van der Waals surface area contributed by atoms with E-state index in [2.05, 4.69) is 15.4 Å².